The zero-order valence-electron chi connectivity index (χ0n) is 11.5. The molecular formula is C15H26O3. The van der Waals surface area contributed by atoms with Crippen LogP contribution in [-0.4, -0.2) is 29.2 Å². The molecule has 0 saturated heterocycles. The number of hydrogen-bond donors (Lipinski definition) is 2. The number of Topliss-reactive ketones (excluding diaryl/α,β-unsaturated/α-hetero) is 1. The normalized spacial score (nSPS) is 43.4. The molecule has 6 atom stereocenters. The van der Waals surface area contributed by atoms with Crippen LogP contribution < -0.4 is 0 Å². The Kier molecular flexibility index (Phi) is 4.44. The van der Waals surface area contributed by atoms with E-state index in [9.17, 15) is 15.0 Å². The third-order valence-corrected chi connectivity index (χ3v) is 5.35. The average molecular weight is 254 g/mol. The lowest BCUT2D eigenvalue weighted by Gasteiger charge is -2.23. The molecule has 2 saturated carbocycles. The van der Waals surface area contributed by atoms with Gasteiger partial charge in [0.25, 0.3) is 0 Å². The highest BCUT2D eigenvalue weighted by Gasteiger charge is 2.56. The van der Waals surface area contributed by atoms with Gasteiger partial charge in [-0.2, -0.15) is 0 Å². The second-order valence-electron chi connectivity index (χ2n) is 6.23. The van der Waals surface area contributed by atoms with Crippen LogP contribution in [0, 0.1) is 35.5 Å². The van der Waals surface area contributed by atoms with Gasteiger partial charge in [0.15, 0.2) is 0 Å². The number of ketones is 1. The Morgan fingerprint density at radius 2 is 1.89 bits per heavy atom. The van der Waals surface area contributed by atoms with Crippen molar-refractivity contribution in [1.29, 1.82) is 0 Å². The van der Waals surface area contributed by atoms with Gasteiger partial charge in [0.05, 0.1) is 0 Å². The summed E-state index contributed by atoms with van der Waals surface area (Å²) in [5, 5.41) is 19.0. The van der Waals surface area contributed by atoms with Crippen LogP contribution in [0.3, 0.4) is 0 Å². The Bertz CT molecular complexity index is 302. The van der Waals surface area contributed by atoms with Crippen LogP contribution >= 0.6 is 0 Å². The number of aliphatic hydroxyl groups excluding tert-OH is 2. The molecule has 0 bridgehead atoms. The summed E-state index contributed by atoms with van der Waals surface area (Å²) in [5.74, 6) is 1.55. The Balaban J connectivity index is 2.16. The Morgan fingerprint density at radius 1 is 1.22 bits per heavy atom. The lowest BCUT2D eigenvalue weighted by atomic mass is 9.82. The van der Waals surface area contributed by atoms with E-state index in [2.05, 4.69) is 13.8 Å². The van der Waals surface area contributed by atoms with Crippen LogP contribution in [0.4, 0.5) is 0 Å². The topological polar surface area (TPSA) is 57.5 Å². The van der Waals surface area contributed by atoms with E-state index in [1.165, 1.54) is 0 Å². The van der Waals surface area contributed by atoms with E-state index in [4.69, 9.17) is 0 Å². The van der Waals surface area contributed by atoms with E-state index in [1.807, 2.05) is 0 Å². The van der Waals surface area contributed by atoms with E-state index in [-0.39, 0.29) is 36.9 Å². The first-order valence-corrected chi connectivity index (χ1v) is 7.41. The molecule has 18 heavy (non-hydrogen) atoms. The number of fused-ring (bicyclic) bond motifs is 1. The van der Waals surface area contributed by atoms with Gasteiger partial charge in [-0.1, -0.05) is 26.7 Å². The summed E-state index contributed by atoms with van der Waals surface area (Å²) in [4.78, 5) is 12.5. The molecule has 0 aromatic rings. The van der Waals surface area contributed by atoms with Crippen molar-refractivity contribution in [1.82, 2.24) is 0 Å². The van der Waals surface area contributed by atoms with E-state index in [0.29, 0.717) is 17.6 Å². The molecule has 2 fully saturated rings. The van der Waals surface area contributed by atoms with Gasteiger partial charge in [0, 0.05) is 25.0 Å². The Morgan fingerprint density at radius 3 is 2.44 bits per heavy atom. The molecule has 0 radical (unpaired) electrons. The van der Waals surface area contributed by atoms with Gasteiger partial charge in [-0.15, -0.1) is 0 Å². The van der Waals surface area contributed by atoms with Crippen molar-refractivity contribution in [3.63, 3.8) is 0 Å². The van der Waals surface area contributed by atoms with Gasteiger partial charge < -0.3 is 10.2 Å². The van der Waals surface area contributed by atoms with Crippen molar-refractivity contribution in [2.75, 3.05) is 13.2 Å². The summed E-state index contributed by atoms with van der Waals surface area (Å²) in [6.45, 7) is 4.58. The van der Waals surface area contributed by atoms with Crippen LogP contribution in [0.25, 0.3) is 0 Å². The number of carbonyl (C=O) groups is 1. The van der Waals surface area contributed by atoms with Crippen molar-refractivity contribution in [3.8, 4) is 0 Å². The monoisotopic (exact) mass is 254 g/mol. The largest absolute Gasteiger partial charge is 0.396 e. The molecule has 0 aromatic heterocycles. The molecular weight excluding hydrogens is 228 g/mol. The summed E-state index contributed by atoms with van der Waals surface area (Å²) >= 11 is 0. The van der Waals surface area contributed by atoms with Crippen molar-refractivity contribution in [2.24, 2.45) is 35.5 Å². The number of hydrogen-bond acceptors (Lipinski definition) is 3. The highest BCUT2D eigenvalue weighted by molar-refractivity contribution is 5.87. The fourth-order valence-corrected chi connectivity index (χ4v) is 4.47. The van der Waals surface area contributed by atoms with Crippen LogP contribution in [0.15, 0.2) is 0 Å². The maximum atomic E-state index is 12.5. The molecule has 3 heteroatoms. The predicted molar refractivity (Wildman–Crippen MR) is 69.9 cm³/mol. The smallest absolute Gasteiger partial charge is 0.139 e. The Labute approximate surface area is 110 Å². The highest BCUT2D eigenvalue weighted by atomic mass is 16.3. The van der Waals surface area contributed by atoms with Gasteiger partial charge in [0.2, 0.25) is 0 Å². The molecule has 104 valence electrons. The second kappa shape index (κ2) is 5.70. The molecule has 0 spiro atoms. The zero-order valence-corrected chi connectivity index (χ0v) is 11.5. The quantitative estimate of drug-likeness (QED) is 0.787. The first-order valence-electron chi connectivity index (χ1n) is 7.41. The van der Waals surface area contributed by atoms with Crippen LogP contribution in [0.2, 0.25) is 0 Å². The third kappa shape index (κ3) is 2.12. The number of rotatable bonds is 5. The fraction of sp³-hybridized carbons (Fsp3) is 0.933. The number of unbranched alkanes of at least 4 members (excludes halogenated alkanes) is 1. The van der Waals surface area contributed by atoms with Crippen LogP contribution in [0.5, 0.6) is 0 Å². The van der Waals surface area contributed by atoms with E-state index < -0.39 is 0 Å². The molecule has 0 aliphatic heterocycles. The summed E-state index contributed by atoms with van der Waals surface area (Å²) in [5.41, 5.74) is 0. The van der Waals surface area contributed by atoms with Gasteiger partial charge >= 0.3 is 0 Å². The van der Waals surface area contributed by atoms with Crippen molar-refractivity contribution in [2.45, 2.75) is 39.5 Å². The van der Waals surface area contributed by atoms with Crippen LogP contribution in [-0.2, 0) is 4.79 Å². The molecule has 0 unspecified atom stereocenters. The number of carbonyl (C=O) groups excluding carboxylic acids is 1. The van der Waals surface area contributed by atoms with Gasteiger partial charge in [0.1, 0.15) is 5.78 Å². The van der Waals surface area contributed by atoms with E-state index in [0.717, 1.165) is 25.7 Å². The summed E-state index contributed by atoms with van der Waals surface area (Å²) in [6.07, 6.45) is 4.03. The molecule has 0 amide bonds. The lowest BCUT2D eigenvalue weighted by molar-refractivity contribution is -0.126. The standard InChI is InChI=1S/C15H26O3/c1-3-4-5-12-9(2)13-10(7-16)6-11(8-17)14(13)15(12)18/h9-14,16-17H,3-8H2,1-2H3/t9-,10-,11+,12-,13-,14+/m0/s1. The number of aliphatic hydroxyl groups is 2. The SMILES string of the molecule is CCCC[C@@H]1C(=O)[C@@H]2[C@@H](CO)C[C@@H](CO)[C@@H]2[C@H]1C. The highest BCUT2D eigenvalue weighted by Crippen LogP contribution is 2.54. The summed E-state index contributed by atoms with van der Waals surface area (Å²) < 4.78 is 0. The van der Waals surface area contributed by atoms with Crippen LogP contribution in [0.1, 0.15) is 39.5 Å². The minimum absolute atomic E-state index is 0.0176. The van der Waals surface area contributed by atoms with Crippen molar-refractivity contribution < 1.29 is 15.0 Å². The fourth-order valence-electron chi connectivity index (χ4n) is 4.47. The molecule has 2 aliphatic rings. The van der Waals surface area contributed by atoms with E-state index in [1.54, 1.807) is 0 Å². The first kappa shape index (κ1) is 14.0. The summed E-state index contributed by atoms with van der Waals surface area (Å²) in [6, 6.07) is 0. The molecule has 0 heterocycles. The third-order valence-electron chi connectivity index (χ3n) is 5.35. The lowest BCUT2D eigenvalue weighted by Crippen LogP contribution is -2.23. The molecule has 2 N–H and O–H groups in total. The van der Waals surface area contributed by atoms with E-state index >= 15 is 0 Å². The van der Waals surface area contributed by atoms with Crippen molar-refractivity contribution in [3.05, 3.63) is 0 Å². The predicted octanol–water partition coefficient (Wildman–Crippen LogP) is 1.86. The molecule has 3 nitrogen and oxygen atoms in total. The molecule has 2 rings (SSSR count). The maximum absolute atomic E-state index is 12.5. The zero-order chi connectivity index (χ0) is 13.3. The maximum Gasteiger partial charge on any atom is 0.139 e. The van der Waals surface area contributed by atoms with Crippen molar-refractivity contribution >= 4 is 5.78 Å². The molecule has 0 aromatic carbocycles. The van der Waals surface area contributed by atoms with Gasteiger partial charge in [-0.05, 0) is 36.5 Å². The Hall–Kier alpha value is -0.410. The minimum Gasteiger partial charge on any atom is -0.396 e. The molecule has 2 aliphatic carbocycles. The first-order chi connectivity index (χ1) is 8.65. The second-order valence-corrected chi connectivity index (χ2v) is 6.23. The average Bonchev–Trinajstić information content (AvgIpc) is 2.86. The van der Waals surface area contributed by atoms with Gasteiger partial charge in [-0.3, -0.25) is 4.79 Å². The van der Waals surface area contributed by atoms with Gasteiger partial charge in [-0.25, -0.2) is 0 Å². The summed E-state index contributed by atoms with van der Waals surface area (Å²) in [7, 11) is 0. The minimum atomic E-state index is 0.0176.